The fourth-order valence-electron chi connectivity index (χ4n) is 1.53. The number of aliphatic hydroxyl groups excluding tert-OH is 1. The lowest BCUT2D eigenvalue weighted by molar-refractivity contribution is 0.277. The molecule has 1 unspecified atom stereocenters. The fourth-order valence-corrected chi connectivity index (χ4v) is 3.52. The lowest BCUT2D eigenvalue weighted by atomic mass is 10.3. The highest BCUT2D eigenvalue weighted by atomic mass is 32.2. The standard InChI is InChI=1S/C11H20N2O3S2/c1-9(4-5-17-3)13(2)18(15,16)11-6-10(8-14)12-7-11/h6-7,9,12,14H,4-5,8H2,1-3H3. The highest BCUT2D eigenvalue weighted by Gasteiger charge is 2.25. The van der Waals surface area contributed by atoms with E-state index < -0.39 is 10.0 Å². The quantitative estimate of drug-likeness (QED) is 0.794. The van der Waals surface area contributed by atoms with Crippen molar-refractivity contribution in [3.05, 3.63) is 18.0 Å². The van der Waals surface area contributed by atoms with Gasteiger partial charge in [-0.3, -0.25) is 0 Å². The minimum absolute atomic E-state index is 0.0464. The molecular weight excluding hydrogens is 272 g/mol. The van der Waals surface area contributed by atoms with E-state index in [1.165, 1.54) is 16.6 Å². The molecule has 1 heterocycles. The SMILES string of the molecule is CSCCC(C)N(C)S(=O)(=O)c1c[nH]c(CO)c1. The summed E-state index contributed by atoms with van der Waals surface area (Å²) in [6, 6.07) is 1.42. The summed E-state index contributed by atoms with van der Waals surface area (Å²) in [5.74, 6) is 0.927. The van der Waals surface area contributed by atoms with Crippen molar-refractivity contribution in [2.45, 2.75) is 30.9 Å². The summed E-state index contributed by atoms with van der Waals surface area (Å²) in [5.41, 5.74) is 0.499. The van der Waals surface area contributed by atoms with Crippen molar-refractivity contribution in [3.8, 4) is 0 Å². The number of aliphatic hydroxyl groups is 1. The van der Waals surface area contributed by atoms with E-state index in [4.69, 9.17) is 5.11 Å². The molecule has 0 aliphatic carbocycles. The third-order valence-electron chi connectivity index (χ3n) is 2.92. The molecule has 1 aromatic heterocycles. The number of thioether (sulfide) groups is 1. The number of nitrogens with one attached hydrogen (secondary N) is 1. The van der Waals surface area contributed by atoms with Crippen molar-refractivity contribution in [2.75, 3.05) is 19.1 Å². The van der Waals surface area contributed by atoms with Crippen molar-refractivity contribution >= 4 is 21.8 Å². The molecule has 0 fully saturated rings. The van der Waals surface area contributed by atoms with Crippen LogP contribution in [0.25, 0.3) is 0 Å². The predicted molar refractivity (Wildman–Crippen MR) is 74.1 cm³/mol. The maximum atomic E-state index is 12.3. The van der Waals surface area contributed by atoms with Crippen molar-refractivity contribution in [1.82, 2.24) is 9.29 Å². The van der Waals surface area contributed by atoms with Crippen molar-refractivity contribution in [1.29, 1.82) is 0 Å². The molecule has 18 heavy (non-hydrogen) atoms. The van der Waals surface area contributed by atoms with Gasteiger partial charge in [0.15, 0.2) is 0 Å². The van der Waals surface area contributed by atoms with Gasteiger partial charge in [0, 0.05) is 25.0 Å². The zero-order valence-electron chi connectivity index (χ0n) is 10.9. The molecule has 104 valence electrons. The second-order valence-electron chi connectivity index (χ2n) is 4.17. The summed E-state index contributed by atoms with van der Waals surface area (Å²) in [6.45, 7) is 1.70. The lowest BCUT2D eigenvalue weighted by Gasteiger charge is -2.23. The number of H-pyrrole nitrogens is 1. The number of hydrogen-bond acceptors (Lipinski definition) is 4. The summed E-state index contributed by atoms with van der Waals surface area (Å²) in [5, 5.41) is 8.94. The maximum Gasteiger partial charge on any atom is 0.244 e. The molecule has 0 aliphatic rings. The van der Waals surface area contributed by atoms with Gasteiger partial charge < -0.3 is 10.1 Å². The molecule has 2 N–H and O–H groups in total. The maximum absolute atomic E-state index is 12.3. The summed E-state index contributed by atoms with van der Waals surface area (Å²) < 4.78 is 25.9. The molecule has 0 spiro atoms. The highest BCUT2D eigenvalue weighted by Crippen LogP contribution is 2.19. The Bertz CT molecular complexity index is 470. The van der Waals surface area contributed by atoms with Gasteiger partial charge in [0.1, 0.15) is 0 Å². The lowest BCUT2D eigenvalue weighted by Crippen LogP contribution is -2.35. The number of aromatic amines is 1. The molecule has 1 atom stereocenters. The first-order valence-corrected chi connectivity index (χ1v) is 8.52. The smallest absolute Gasteiger partial charge is 0.244 e. The van der Waals surface area contributed by atoms with Gasteiger partial charge in [0.2, 0.25) is 10.0 Å². The van der Waals surface area contributed by atoms with Crippen LogP contribution < -0.4 is 0 Å². The summed E-state index contributed by atoms with van der Waals surface area (Å²) in [6.07, 6.45) is 4.23. The van der Waals surface area contributed by atoms with Crippen LogP contribution in [0.15, 0.2) is 17.2 Å². The van der Waals surface area contributed by atoms with Gasteiger partial charge >= 0.3 is 0 Å². The number of aromatic nitrogens is 1. The van der Waals surface area contributed by atoms with E-state index in [0.717, 1.165) is 12.2 Å². The van der Waals surface area contributed by atoms with Gasteiger partial charge in [-0.2, -0.15) is 16.1 Å². The molecule has 0 aliphatic heterocycles. The van der Waals surface area contributed by atoms with Gasteiger partial charge in [-0.15, -0.1) is 0 Å². The van der Waals surface area contributed by atoms with Crippen LogP contribution in [0.4, 0.5) is 0 Å². The van der Waals surface area contributed by atoms with Gasteiger partial charge in [0.05, 0.1) is 11.5 Å². The molecule has 7 heteroatoms. The van der Waals surface area contributed by atoms with Crippen molar-refractivity contribution in [2.24, 2.45) is 0 Å². The summed E-state index contributed by atoms with van der Waals surface area (Å²) >= 11 is 1.70. The number of hydrogen-bond donors (Lipinski definition) is 2. The van der Waals surface area contributed by atoms with Gasteiger partial charge in [-0.05, 0) is 31.4 Å². The van der Waals surface area contributed by atoms with E-state index in [1.54, 1.807) is 18.8 Å². The monoisotopic (exact) mass is 292 g/mol. The van der Waals surface area contributed by atoms with E-state index in [1.807, 2.05) is 13.2 Å². The second-order valence-corrected chi connectivity index (χ2v) is 7.15. The van der Waals surface area contributed by atoms with Crippen LogP contribution in [0.3, 0.4) is 0 Å². The zero-order chi connectivity index (χ0) is 13.8. The molecule has 0 amide bonds. The minimum Gasteiger partial charge on any atom is -0.390 e. The molecule has 5 nitrogen and oxygen atoms in total. The van der Waals surface area contributed by atoms with Gasteiger partial charge in [0.25, 0.3) is 0 Å². The first kappa shape index (κ1) is 15.6. The van der Waals surface area contributed by atoms with Gasteiger partial charge in [-0.1, -0.05) is 0 Å². The second kappa shape index (κ2) is 6.60. The van der Waals surface area contributed by atoms with E-state index in [9.17, 15) is 8.42 Å². The minimum atomic E-state index is -3.48. The van der Waals surface area contributed by atoms with E-state index in [2.05, 4.69) is 4.98 Å². The number of nitrogens with zero attached hydrogens (tertiary/aromatic N) is 1. The predicted octanol–water partition coefficient (Wildman–Crippen LogP) is 1.27. The highest BCUT2D eigenvalue weighted by molar-refractivity contribution is 7.98. The molecule has 0 aromatic carbocycles. The largest absolute Gasteiger partial charge is 0.390 e. The Kier molecular flexibility index (Phi) is 5.71. The third kappa shape index (κ3) is 3.50. The van der Waals surface area contributed by atoms with E-state index in [-0.39, 0.29) is 17.5 Å². The Morgan fingerprint density at radius 1 is 1.56 bits per heavy atom. The van der Waals surface area contributed by atoms with Crippen LogP contribution in [0.5, 0.6) is 0 Å². The average Bonchev–Trinajstić information content (AvgIpc) is 2.84. The Morgan fingerprint density at radius 3 is 2.72 bits per heavy atom. The molecule has 0 saturated heterocycles. The van der Waals surface area contributed by atoms with Crippen LogP contribution >= 0.6 is 11.8 Å². The number of rotatable bonds is 7. The fraction of sp³-hybridized carbons (Fsp3) is 0.636. The Labute approximate surface area is 113 Å². The van der Waals surface area contributed by atoms with E-state index >= 15 is 0 Å². The molecule has 0 saturated carbocycles. The molecular formula is C11H20N2O3S2. The Morgan fingerprint density at radius 2 is 2.22 bits per heavy atom. The van der Waals surface area contributed by atoms with Crippen molar-refractivity contribution < 1.29 is 13.5 Å². The Hall–Kier alpha value is -0.500. The van der Waals surface area contributed by atoms with Crippen LogP contribution in [0.1, 0.15) is 19.0 Å². The van der Waals surface area contributed by atoms with Crippen LogP contribution in [-0.4, -0.2) is 47.9 Å². The topological polar surface area (TPSA) is 73.4 Å². The summed E-state index contributed by atoms with van der Waals surface area (Å²) in [4.78, 5) is 2.94. The van der Waals surface area contributed by atoms with Crippen LogP contribution in [0.2, 0.25) is 0 Å². The Balaban J connectivity index is 2.85. The first-order valence-electron chi connectivity index (χ1n) is 5.68. The molecule has 0 radical (unpaired) electrons. The third-order valence-corrected chi connectivity index (χ3v) is 5.52. The average molecular weight is 292 g/mol. The van der Waals surface area contributed by atoms with Crippen molar-refractivity contribution in [3.63, 3.8) is 0 Å². The molecule has 1 aromatic rings. The summed E-state index contributed by atoms with van der Waals surface area (Å²) in [7, 11) is -1.89. The number of sulfonamides is 1. The van der Waals surface area contributed by atoms with Gasteiger partial charge in [-0.25, -0.2) is 8.42 Å². The zero-order valence-corrected chi connectivity index (χ0v) is 12.5. The van der Waals surface area contributed by atoms with Crippen LogP contribution in [0, 0.1) is 0 Å². The molecule has 1 rings (SSSR count). The van der Waals surface area contributed by atoms with E-state index in [0.29, 0.717) is 5.69 Å². The first-order chi connectivity index (χ1) is 8.43. The normalized spacial score (nSPS) is 14.1. The van der Waals surface area contributed by atoms with Crippen LogP contribution in [-0.2, 0) is 16.6 Å². The molecule has 0 bridgehead atoms.